The van der Waals surface area contributed by atoms with E-state index in [-0.39, 0.29) is 5.91 Å². The van der Waals surface area contributed by atoms with E-state index in [1.165, 1.54) is 0 Å². The normalized spacial score (nSPS) is 11.5. The van der Waals surface area contributed by atoms with Crippen LogP contribution in [0.1, 0.15) is 13.8 Å². The quantitative estimate of drug-likeness (QED) is 0.868. The van der Waals surface area contributed by atoms with E-state index in [0.29, 0.717) is 0 Å². The summed E-state index contributed by atoms with van der Waals surface area (Å²) >= 11 is 0. The summed E-state index contributed by atoms with van der Waals surface area (Å²) in [5.41, 5.74) is 1.05. The Hall–Kier alpha value is -1.94. The fourth-order valence-corrected chi connectivity index (χ4v) is 1.60. The van der Waals surface area contributed by atoms with E-state index < -0.39 is 5.54 Å². The summed E-state index contributed by atoms with van der Waals surface area (Å²) in [5, 5.41) is 6.86. The Kier molecular flexibility index (Phi) is 3.30. The summed E-state index contributed by atoms with van der Waals surface area (Å²) in [5.74, 6) is -0.0682. The standard InChI is InChI=1S/C14H17N3O/c1-14(2,15-3)13(18)17-12-8-4-7-11-10(12)6-5-9-16-11/h4-9,15H,1-3H3,(H,17,18). The van der Waals surface area contributed by atoms with Gasteiger partial charge in [-0.2, -0.15) is 0 Å². The number of hydrogen-bond acceptors (Lipinski definition) is 3. The van der Waals surface area contributed by atoms with Gasteiger partial charge in [-0.1, -0.05) is 6.07 Å². The molecule has 0 bridgehead atoms. The van der Waals surface area contributed by atoms with E-state index in [9.17, 15) is 4.79 Å². The van der Waals surface area contributed by atoms with Crippen molar-refractivity contribution in [2.24, 2.45) is 0 Å². The van der Waals surface area contributed by atoms with Gasteiger partial charge in [-0.3, -0.25) is 9.78 Å². The Labute approximate surface area is 106 Å². The van der Waals surface area contributed by atoms with Crippen LogP contribution in [0.4, 0.5) is 5.69 Å². The van der Waals surface area contributed by atoms with E-state index in [2.05, 4.69) is 15.6 Å². The number of amides is 1. The second kappa shape index (κ2) is 4.74. The Morgan fingerprint density at radius 2 is 2.00 bits per heavy atom. The Morgan fingerprint density at radius 1 is 1.22 bits per heavy atom. The fraction of sp³-hybridized carbons (Fsp3) is 0.286. The highest BCUT2D eigenvalue weighted by atomic mass is 16.2. The Balaban J connectivity index is 2.36. The van der Waals surface area contributed by atoms with Gasteiger partial charge in [0.2, 0.25) is 5.91 Å². The average molecular weight is 243 g/mol. The zero-order valence-corrected chi connectivity index (χ0v) is 10.8. The van der Waals surface area contributed by atoms with Gasteiger partial charge in [-0.05, 0) is 45.2 Å². The molecule has 18 heavy (non-hydrogen) atoms. The van der Waals surface area contributed by atoms with Crippen LogP contribution in [0.3, 0.4) is 0 Å². The van der Waals surface area contributed by atoms with Crippen molar-refractivity contribution in [3.63, 3.8) is 0 Å². The third-order valence-corrected chi connectivity index (χ3v) is 3.09. The van der Waals surface area contributed by atoms with Gasteiger partial charge in [0, 0.05) is 11.6 Å². The molecule has 0 aliphatic carbocycles. The number of likely N-dealkylation sites (N-methyl/N-ethyl adjacent to an activating group) is 1. The Morgan fingerprint density at radius 3 is 2.72 bits per heavy atom. The lowest BCUT2D eigenvalue weighted by molar-refractivity contribution is -0.121. The van der Waals surface area contributed by atoms with Crippen LogP contribution in [-0.2, 0) is 4.79 Å². The van der Waals surface area contributed by atoms with E-state index in [1.807, 2.05) is 44.2 Å². The molecule has 0 spiro atoms. The number of nitrogens with zero attached hydrogens (tertiary/aromatic N) is 1. The molecule has 4 heteroatoms. The molecule has 0 radical (unpaired) electrons. The van der Waals surface area contributed by atoms with Crippen molar-refractivity contribution < 1.29 is 4.79 Å². The summed E-state index contributed by atoms with van der Waals surface area (Å²) in [6.07, 6.45) is 1.74. The second-order valence-corrected chi connectivity index (χ2v) is 4.70. The van der Waals surface area contributed by atoms with Crippen LogP contribution in [0, 0.1) is 0 Å². The van der Waals surface area contributed by atoms with Crippen molar-refractivity contribution in [3.05, 3.63) is 36.5 Å². The summed E-state index contributed by atoms with van der Waals surface area (Å²) in [4.78, 5) is 16.4. The molecule has 94 valence electrons. The van der Waals surface area contributed by atoms with Crippen LogP contribution in [0.25, 0.3) is 10.9 Å². The summed E-state index contributed by atoms with van der Waals surface area (Å²) in [6.45, 7) is 3.68. The maximum atomic E-state index is 12.1. The van der Waals surface area contributed by atoms with Crippen LogP contribution >= 0.6 is 0 Å². The summed E-state index contributed by atoms with van der Waals surface area (Å²) in [7, 11) is 1.77. The van der Waals surface area contributed by atoms with Crippen molar-refractivity contribution >= 4 is 22.5 Å². The molecule has 2 N–H and O–H groups in total. The molecule has 0 saturated carbocycles. The second-order valence-electron chi connectivity index (χ2n) is 4.70. The number of carbonyl (C=O) groups excluding carboxylic acids is 1. The van der Waals surface area contributed by atoms with Crippen LogP contribution in [0.2, 0.25) is 0 Å². The zero-order valence-electron chi connectivity index (χ0n) is 10.8. The molecular weight excluding hydrogens is 226 g/mol. The van der Waals surface area contributed by atoms with Gasteiger partial charge in [0.05, 0.1) is 16.7 Å². The number of benzene rings is 1. The zero-order chi connectivity index (χ0) is 13.2. The number of fused-ring (bicyclic) bond motifs is 1. The van der Waals surface area contributed by atoms with Crippen LogP contribution in [0.15, 0.2) is 36.5 Å². The highest BCUT2D eigenvalue weighted by molar-refractivity contribution is 6.04. The molecule has 1 aromatic carbocycles. The summed E-state index contributed by atoms with van der Waals surface area (Å²) < 4.78 is 0. The van der Waals surface area contributed by atoms with Crippen molar-refractivity contribution in [2.75, 3.05) is 12.4 Å². The third kappa shape index (κ3) is 2.33. The van der Waals surface area contributed by atoms with Gasteiger partial charge in [0.1, 0.15) is 0 Å². The van der Waals surface area contributed by atoms with Gasteiger partial charge in [0.15, 0.2) is 0 Å². The molecule has 0 saturated heterocycles. The molecule has 2 rings (SSSR count). The molecule has 0 fully saturated rings. The summed E-state index contributed by atoms with van der Waals surface area (Å²) in [6, 6.07) is 9.50. The van der Waals surface area contributed by atoms with Gasteiger partial charge >= 0.3 is 0 Å². The average Bonchev–Trinajstić information content (AvgIpc) is 2.39. The molecule has 0 atom stereocenters. The molecule has 2 aromatic rings. The minimum Gasteiger partial charge on any atom is -0.324 e. The van der Waals surface area contributed by atoms with E-state index in [4.69, 9.17) is 0 Å². The number of pyridine rings is 1. The lowest BCUT2D eigenvalue weighted by atomic mass is 10.0. The predicted octanol–water partition coefficient (Wildman–Crippen LogP) is 2.17. The molecule has 0 aliphatic heterocycles. The molecule has 0 aliphatic rings. The van der Waals surface area contributed by atoms with Gasteiger partial charge in [0.25, 0.3) is 0 Å². The smallest absolute Gasteiger partial charge is 0.244 e. The first kappa shape index (κ1) is 12.5. The van der Waals surface area contributed by atoms with Gasteiger partial charge in [-0.15, -0.1) is 0 Å². The minimum absolute atomic E-state index is 0.0682. The maximum Gasteiger partial charge on any atom is 0.244 e. The van der Waals surface area contributed by atoms with Crippen molar-refractivity contribution in [1.82, 2.24) is 10.3 Å². The van der Waals surface area contributed by atoms with Gasteiger partial charge < -0.3 is 10.6 Å². The topological polar surface area (TPSA) is 54.0 Å². The van der Waals surface area contributed by atoms with E-state index in [0.717, 1.165) is 16.6 Å². The number of anilines is 1. The first-order valence-electron chi connectivity index (χ1n) is 5.89. The lowest BCUT2D eigenvalue weighted by Crippen LogP contribution is -2.47. The number of hydrogen-bond donors (Lipinski definition) is 2. The lowest BCUT2D eigenvalue weighted by Gasteiger charge is -2.23. The number of rotatable bonds is 3. The maximum absolute atomic E-state index is 12.1. The number of nitrogens with one attached hydrogen (secondary N) is 2. The highest BCUT2D eigenvalue weighted by Crippen LogP contribution is 2.22. The van der Waals surface area contributed by atoms with Gasteiger partial charge in [-0.25, -0.2) is 0 Å². The van der Waals surface area contributed by atoms with Crippen molar-refractivity contribution in [2.45, 2.75) is 19.4 Å². The highest BCUT2D eigenvalue weighted by Gasteiger charge is 2.25. The molecule has 1 heterocycles. The van der Waals surface area contributed by atoms with E-state index in [1.54, 1.807) is 13.2 Å². The Bertz CT molecular complexity index is 573. The molecule has 4 nitrogen and oxygen atoms in total. The third-order valence-electron chi connectivity index (χ3n) is 3.09. The fourth-order valence-electron chi connectivity index (χ4n) is 1.60. The minimum atomic E-state index is -0.607. The van der Waals surface area contributed by atoms with Crippen molar-refractivity contribution in [3.8, 4) is 0 Å². The van der Waals surface area contributed by atoms with Crippen molar-refractivity contribution in [1.29, 1.82) is 0 Å². The van der Waals surface area contributed by atoms with Crippen LogP contribution in [0.5, 0.6) is 0 Å². The molecule has 0 unspecified atom stereocenters. The number of carbonyl (C=O) groups is 1. The van der Waals surface area contributed by atoms with Crippen LogP contribution in [-0.4, -0.2) is 23.5 Å². The molecular formula is C14H17N3O. The van der Waals surface area contributed by atoms with Crippen LogP contribution < -0.4 is 10.6 Å². The first-order valence-corrected chi connectivity index (χ1v) is 5.89. The van der Waals surface area contributed by atoms with E-state index >= 15 is 0 Å². The SMILES string of the molecule is CNC(C)(C)C(=O)Nc1cccc2ncccc12. The molecule has 1 aromatic heterocycles. The first-order chi connectivity index (χ1) is 8.54. The molecule has 1 amide bonds. The predicted molar refractivity (Wildman–Crippen MR) is 73.5 cm³/mol. The monoisotopic (exact) mass is 243 g/mol. The largest absolute Gasteiger partial charge is 0.324 e. The number of aromatic nitrogens is 1.